The quantitative estimate of drug-likeness (QED) is 0.484. The number of Topliss-reactive ketones (excluding diaryl/α,β-unsaturated/α-hetero) is 1. The summed E-state index contributed by atoms with van der Waals surface area (Å²) in [6.45, 7) is 5.43. The first-order valence-electron chi connectivity index (χ1n) is 12.6. The molecule has 8 heteroatoms. The Kier molecular flexibility index (Phi) is 7.99. The minimum atomic E-state index is -0.669. The average molecular weight is 522 g/mol. The van der Waals surface area contributed by atoms with Gasteiger partial charge in [-0.15, -0.1) is 0 Å². The molecule has 202 valence electrons. The fourth-order valence-corrected chi connectivity index (χ4v) is 5.41. The number of nitrogens with one attached hydrogen (secondary N) is 1. The van der Waals surface area contributed by atoms with Crippen LogP contribution in [0, 0.1) is 0 Å². The molecule has 1 aliphatic heterocycles. The number of carbonyl (C=O) groups is 2. The predicted octanol–water partition coefficient (Wildman–Crippen LogP) is 5.03. The lowest BCUT2D eigenvalue weighted by atomic mass is 9.71. The maximum atomic E-state index is 13.9. The number of hydrogen-bond acceptors (Lipinski definition) is 8. The molecular formula is C30H35NO7. The molecule has 2 aromatic rings. The summed E-state index contributed by atoms with van der Waals surface area (Å²) in [6.07, 6.45) is 0.551. The first-order chi connectivity index (χ1) is 18.2. The van der Waals surface area contributed by atoms with E-state index in [0.717, 1.165) is 17.0 Å². The van der Waals surface area contributed by atoms with Gasteiger partial charge in [0.25, 0.3) is 0 Å². The molecule has 0 aromatic heterocycles. The van der Waals surface area contributed by atoms with Gasteiger partial charge in [0, 0.05) is 35.2 Å². The van der Waals surface area contributed by atoms with E-state index in [4.69, 9.17) is 23.7 Å². The number of rotatable bonds is 8. The Balaban J connectivity index is 1.89. The van der Waals surface area contributed by atoms with E-state index in [9.17, 15) is 9.59 Å². The molecular weight excluding hydrogens is 486 g/mol. The number of allylic oxidation sites excluding steroid dienone is 3. The normalized spacial score (nSPS) is 19.1. The van der Waals surface area contributed by atoms with Crippen molar-refractivity contribution in [2.75, 3.05) is 28.4 Å². The number of methoxy groups -OCH3 is 4. The molecule has 38 heavy (non-hydrogen) atoms. The van der Waals surface area contributed by atoms with Crippen molar-refractivity contribution in [3.63, 3.8) is 0 Å². The predicted molar refractivity (Wildman–Crippen MR) is 143 cm³/mol. The third-order valence-corrected chi connectivity index (χ3v) is 6.99. The summed E-state index contributed by atoms with van der Waals surface area (Å²) in [5.41, 5.74) is 4.01. The van der Waals surface area contributed by atoms with E-state index in [1.807, 2.05) is 31.2 Å². The van der Waals surface area contributed by atoms with Gasteiger partial charge in [-0.3, -0.25) is 4.79 Å². The molecule has 1 N–H and O–H groups in total. The molecule has 1 heterocycles. The third-order valence-electron chi connectivity index (χ3n) is 6.99. The van der Waals surface area contributed by atoms with Crippen LogP contribution in [-0.2, 0) is 14.3 Å². The minimum absolute atomic E-state index is 0.0456. The van der Waals surface area contributed by atoms with Crippen molar-refractivity contribution in [1.29, 1.82) is 0 Å². The van der Waals surface area contributed by atoms with Gasteiger partial charge in [0.05, 0.1) is 40.1 Å². The van der Waals surface area contributed by atoms with Crippen LogP contribution in [0.4, 0.5) is 0 Å². The van der Waals surface area contributed by atoms with Gasteiger partial charge < -0.3 is 29.0 Å². The van der Waals surface area contributed by atoms with Crippen LogP contribution in [0.25, 0.3) is 0 Å². The summed E-state index contributed by atoms with van der Waals surface area (Å²) in [4.78, 5) is 27.4. The van der Waals surface area contributed by atoms with E-state index in [1.54, 1.807) is 33.1 Å². The highest BCUT2D eigenvalue weighted by atomic mass is 16.5. The van der Waals surface area contributed by atoms with Gasteiger partial charge in [0.1, 0.15) is 5.75 Å². The SMILES string of the molecule is COc1ccccc1[C@H]1CC(=O)C2=C(C1)NC(C)=C(C(=O)OC(C)C)[C@@H]2c1cc(OC)c(OC)c(OC)c1. The van der Waals surface area contributed by atoms with Crippen molar-refractivity contribution in [2.45, 2.75) is 51.6 Å². The van der Waals surface area contributed by atoms with Gasteiger partial charge in [0.2, 0.25) is 5.75 Å². The fourth-order valence-electron chi connectivity index (χ4n) is 5.41. The number of ketones is 1. The van der Waals surface area contributed by atoms with E-state index in [0.29, 0.717) is 46.1 Å². The Morgan fingerprint density at radius 2 is 1.55 bits per heavy atom. The zero-order valence-electron chi connectivity index (χ0n) is 23.0. The number of dihydropyridines is 1. The van der Waals surface area contributed by atoms with Crippen molar-refractivity contribution < 1.29 is 33.3 Å². The molecule has 0 bridgehead atoms. The van der Waals surface area contributed by atoms with E-state index in [1.165, 1.54) is 21.3 Å². The number of carbonyl (C=O) groups excluding carboxylic acids is 2. The monoisotopic (exact) mass is 521 g/mol. The Hall–Kier alpha value is -3.94. The van der Waals surface area contributed by atoms with Crippen LogP contribution in [0.15, 0.2) is 58.9 Å². The summed E-state index contributed by atoms with van der Waals surface area (Å²) in [7, 11) is 6.23. The summed E-state index contributed by atoms with van der Waals surface area (Å²) in [5.74, 6) is 0.796. The zero-order chi connectivity index (χ0) is 27.6. The van der Waals surface area contributed by atoms with Crippen LogP contribution >= 0.6 is 0 Å². The second kappa shape index (κ2) is 11.2. The molecule has 0 spiro atoms. The molecule has 0 amide bonds. The molecule has 0 fully saturated rings. The average Bonchev–Trinajstić information content (AvgIpc) is 2.90. The molecule has 0 radical (unpaired) electrons. The first-order valence-corrected chi connectivity index (χ1v) is 12.6. The molecule has 2 atom stereocenters. The van der Waals surface area contributed by atoms with E-state index < -0.39 is 11.9 Å². The summed E-state index contributed by atoms with van der Waals surface area (Å²) in [6, 6.07) is 11.3. The number of esters is 1. The highest BCUT2D eigenvalue weighted by molar-refractivity contribution is 6.04. The van der Waals surface area contributed by atoms with Crippen LogP contribution in [0.2, 0.25) is 0 Å². The number of benzene rings is 2. The topological polar surface area (TPSA) is 92.3 Å². The number of ether oxygens (including phenoxy) is 5. The van der Waals surface area contributed by atoms with Crippen LogP contribution in [0.1, 0.15) is 56.6 Å². The zero-order valence-corrected chi connectivity index (χ0v) is 23.0. The number of hydrogen-bond donors (Lipinski definition) is 1. The fraction of sp³-hybridized carbons (Fsp3) is 0.400. The summed E-state index contributed by atoms with van der Waals surface area (Å²) >= 11 is 0. The van der Waals surface area contributed by atoms with Crippen LogP contribution in [0.3, 0.4) is 0 Å². The highest BCUT2D eigenvalue weighted by Gasteiger charge is 2.42. The minimum Gasteiger partial charge on any atom is -0.496 e. The van der Waals surface area contributed by atoms with E-state index in [2.05, 4.69) is 5.32 Å². The van der Waals surface area contributed by atoms with Crippen LogP contribution < -0.4 is 24.3 Å². The standard InChI is InChI=1S/C30H35NO7/c1-16(2)38-30(33)26-17(3)31-21-12-18(20-10-8-9-11-23(20)34-4)13-22(32)28(21)27(26)19-14-24(35-5)29(37-7)25(15-19)36-6/h8-11,14-16,18,27,31H,12-13H2,1-7H3/t18-,27+/m1/s1. The maximum Gasteiger partial charge on any atom is 0.337 e. The van der Waals surface area contributed by atoms with Gasteiger partial charge in [-0.25, -0.2) is 4.79 Å². The van der Waals surface area contributed by atoms with Crippen molar-refractivity contribution in [1.82, 2.24) is 5.32 Å². The molecule has 8 nitrogen and oxygen atoms in total. The first kappa shape index (κ1) is 27.1. The van der Waals surface area contributed by atoms with Crippen LogP contribution in [-0.4, -0.2) is 46.3 Å². The second-order valence-corrected chi connectivity index (χ2v) is 9.67. The maximum absolute atomic E-state index is 13.9. The molecule has 1 aliphatic carbocycles. The Morgan fingerprint density at radius 1 is 0.921 bits per heavy atom. The Morgan fingerprint density at radius 3 is 2.13 bits per heavy atom. The van der Waals surface area contributed by atoms with Crippen LogP contribution in [0.5, 0.6) is 23.0 Å². The molecule has 0 unspecified atom stereocenters. The lowest BCUT2D eigenvalue weighted by Crippen LogP contribution is -2.36. The number of para-hydroxylation sites is 1. The van der Waals surface area contributed by atoms with Gasteiger partial charge >= 0.3 is 5.97 Å². The lowest BCUT2D eigenvalue weighted by molar-refractivity contribution is -0.143. The second-order valence-electron chi connectivity index (χ2n) is 9.67. The molecule has 0 saturated carbocycles. The van der Waals surface area contributed by atoms with Crippen molar-refractivity contribution in [3.05, 3.63) is 70.1 Å². The summed E-state index contributed by atoms with van der Waals surface area (Å²) in [5, 5.41) is 3.38. The lowest BCUT2D eigenvalue weighted by Gasteiger charge is -2.37. The molecule has 2 aromatic carbocycles. The van der Waals surface area contributed by atoms with Crippen molar-refractivity contribution >= 4 is 11.8 Å². The van der Waals surface area contributed by atoms with Gasteiger partial charge in [-0.1, -0.05) is 18.2 Å². The van der Waals surface area contributed by atoms with Crippen molar-refractivity contribution in [3.8, 4) is 23.0 Å². The molecule has 2 aliphatic rings. The van der Waals surface area contributed by atoms with E-state index >= 15 is 0 Å². The van der Waals surface area contributed by atoms with E-state index in [-0.39, 0.29) is 24.2 Å². The smallest absolute Gasteiger partial charge is 0.337 e. The van der Waals surface area contributed by atoms with Gasteiger partial charge in [-0.05, 0) is 56.5 Å². The highest BCUT2D eigenvalue weighted by Crippen LogP contribution is 2.49. The Bertz CT molecular complexity index is 1280. The summed E-state index contributed by atoms with van der Waals surface area (Å²) < 4.78 is 27.9. The largest absolute Gasteiger partial charge is 0.496 e. The van der Waals surface area contributed by atoms with Gasteiger partial charge in [0.15, 0.2) is 17.3 Å². The van der Waals surface area contributed by atoms with Gasteiger partial charge in [-0.2, -0.15) is 0 Å². The molecule has 0 saturated heterocycles. The molecule has 4 rings (SSSR count). The Labute approximate surface area is 223 Å². The third kappa shape index (κ3) is 4.95. The van der Waals surface area contributed by atoms with Crippen molar-refractivity contribution in [2.24, 2.45) is 0 Å².